The SMILES string of the molecule is O=C(Cc1cccc2cccnc12)Nc1nnc(SCc2ccccc2)s1. The Kier molecular flexibility index (Phi) is 5.41. The molecule has 0 bridgehead atoms. The van der Waals surface area contributed by atoms with Gasteiger partial charge in [0.1, 0.15) is 0 Å². The van der Waals surface area contributed by atoms with Crippen LogP contribution in [0, 0.1) is 0 Å². The lowest BCUT2D eigenvalue weighted by molar-refractivity contribution is -0.115. The Balaban J connectivity index is 1.38. The Hall–Kier alpha value is -2.77. The zero-order valence-electron chi connectivity index (χ0n) is 14.3. The zero-order valence-corrected chi connectivity index (χ0v) is 16.0. The number of benzene rings is 2. The monoisotopic (exact) mass is 392 g/mol. The van der Waals surface area contributed by atoms with E-state index in [-0.39, 0.29) is 12.3 Å². The third-order valence-electron chi connectivity index (χ3n) is 3.93. The second-order valence-electron chi connectivity index (χ2n) is 5.86. The molecule has 0 aliphatic rings. The van der Waals surface area contributed by atoms with Crippen LogP contribution in [-0.2, 0) is 17.0 Å². The Morgan fingerprint density at radius 3 is 2.74 bits per heavy atom. The van der Waals surface area contributed by atoms with Crippen LogP contribution in [0.4, 0.5) is 5.13 Å². The number of rotatable bonds is 6. The first kappa shape index (κ1) is 17.6. The first-order chi connectivity index (χ1) is 13.3. The fourth-order valence-electron chi connectivity index (χ4n) is 2.68. The number of carbonyl (C=O) groups excluding carboxylic acids is 1. The summed E-state index contributed by atoms with van der Waals surface area (Å²) in [5, 5.41) is 12.6. The lowest BCUT2D eigenvalue weighted by Gasteiger charge is -2.05. The summed E-state index contributed by atoms with van der Waals surface area (Å²) in [6, 6.07) is 19.9. The molecule has 1 amide bonds. The highest BCUT2D eigenvalue weighted by atomic mass is 32.2. The van der Waals surface area contributed by atoms with Crippen molar-refractivity contribution in [3.63, 3.8) is 0 Å². The standard InChI is InChI=1S/C20H16N4OS2/c25-17(12-16-9-4-8-15-10-5-11-21-18(15)16)22-19-23-24-20(27-19)26-13-14-6-2-1-3-7-14/h1-11H,12-13H2,(H,22,23,25). The van der Waals surface area contributed by atoms with Gasteiger partial charge in [-0.15, -0.1) is 10.2 Å². The van der Waals surface area contributed by atoms with E-state index in [0.29, 0.717) is 5.13 Å². The molecule has 1 N–H and O–H groups in total. The number of hydrogen-bond acceptors (Lipinski definition) is 6. The summed E-state index contributed by atoms with van der Waals surface area (Å²) in [6.07, 6.45) is 1.99. The molecule has 4 rings (SSSR count). The molecule has 2 heterocycles. The maximum atomic E-state index is 12.4. The van der Waals surface area contributed by atoms with Crippen molar-refractivity contribution in [2.75, 3.05) is 5.32 Å². The first-order valence-corrected chi connectivity index (χ1v) is 10.2. The Bertz CT molecular complexity index is 1060. The van der Waals surface area contributed by atoms with Crippen molar-refractivity contribution >= 4 is 45.0 Å². The molecule has 27 heavy (non-hydrogen) atoms. The number of nitrogens with one attached hydrogen (secondary N) is 1. The summed E-state index contributed by atoms with van der Waals surface area (Å²) in [7, 11) is 0. The van der Waals surface area contributed by atoms with Gasteiger partial charge in [-0.1, -0.05) is 77.7 Å². The third kappa shape index (κ3) is 4.50. The number of hydrogen-bond donors (Lipinski definition) is 1. The summed E-state index contributed by atoms with van der Waals surface area (Å²) in [6.45, 7) is 0. The second-order valence-corrected chi connectivity index (χ2v) is 8.06. The number of thioether (sulfide) groups is 1. The largest absolute Gasteiger partial charge is 0.300 e. The van der Waals surface area contributed by atoms with Gasteiger partial charge in [-0.25, -0.2) is 0 Å². The summed E-state index contributed by atoms with van der Waals surface area (Å²) in [4.78, 5) is 16.8. The van der Waals surface area contributed by atoms with Crippen molar-refractivity contribution in [2.45, 2.75) is 16.5 Å². The molecular weight excluding hydrogens is 376 g/mol. The molecule has 134 valence electrons. The number of carbonyl (C=O) groups is 1. The molecule has 5 nitrogen and oxygen atoms in total. The minimum absolute atomic E-state index is 0.121. The Labute approximate surface area is 164 Å². The van der Waals surface area contributed by atoms with Gasteiger partial charge in [0.2, 0.25) is 11.0 Å². The van der Waals surface area contributed by atoms with Crippen molar-refractivity contribution in [1.29, 1.82) is 0 Å². The predicted molar refractivity (Wildman–Crippen MR) is 110 cm³/mol. The van der Waals surface area contributed by atoms with E-state index in [9.17, 15) is 4.79 Å². The number of aromatic nitrogens is 3. The van der Waals surface area contributed by atoms with Gasteiger partial charge in [-0.05, 0) is 17.2 Å². The van der Waals surface area contributed by atoms with E-state index in [1.54, 1.807) is 18.0 Å². The van der Waals surface area contributed by atoms with Crippen LogP contribution < -0.4 is 5.32 Å². The van der Waals surface area contributed by atoms with Crippen LogP contribution in [-0.4, -0.2) is 21.1 Å². The molecule has 0 aliphatic heterocycles. The number of fused-ring (bicyclic) bond motifs is 1. The van der Waals surface area contributed by atoms with Crippen LogP contribution in [0.3, 0.4) is 0 Å². The molecule has 4 aromatic rings. The van der Waals surface area contributed by atoms with E-state index < -0.39 is 0 Å². The van der Waals surface area contributed by atoms with Gasteiger partial charge >= 0.3 is 0 Å². The van der Waals surface area contributed by atoms with Gasteiger partial charge in [-0.3, -0.25) is 9.78 Å². The molecule has 2 aromatic heterocycles. The number of amides is 1. The molecule has 0 aliphatic carbocycles. The van der Waals surface area contributed by atoms with E-state index in [1.807, 2.05) is 48.5 Å². The Morgan fingerprint density at radius 2 is 1.85 bits per heavy atom. The zero-order chi connectivity index (χ0) is 18.5. The fraction of sp³-hybridized carbons (Fsp3) is 0.100. The highest BCUT2D eigenvalue weighted by Gasteiger charge is 2.11. The van der Waals surface area contributed by atoms with Crippen molar-refractivity contribution in [1.82, 2.24) is 15.2 Å². The van der Waals surface area contributed by atoms with Crippen LogP contribution >= 0.6 is 23.1 Å². The molecule has 0 saturated carbocycles. The summed E-state index contributed by atoms with van der Waals surface area (Å²) < 4.78 is 0.834. The van der Waals surface area contributed by atoms with E-state index in [0.717, 1.165) is 26.6 Å². The van der Waals surface area contributed by atoms with Gasteiger partial charge in [-0.2, -0.15) is 0 Å². The van der Waals surface area contributed by atoms with Crippen LogP contribution in [0.25, 0.3) is 10.9 Å². The molecule has 0 spiro atoms. The molecule has 0 unspecified atom stereocenters. The number of nitrogens with zero attached hydrogens (tertiary/aromatic N) is 3. The molecule has 0 fully saturated rings. The van der Waals surface area contributed by atoms with Crippen molar-refractivity contribution in [3.05, 3.63) is 78.0 Å². The summed E-state index contributed by atoms with van der Waals surface area (Å²) in [5.41, 5.74) is 2.98. The average molecular weight is 393 g/mol. The summed E-state index contributed by atoms with van der Waals surface area (Å²) >= 11 is 3.00. The molecule has 0 saturated heterocycles. The average Bonchev–Trinajstić information content (AvgIpc) is 3.15. The molecule has 7 heteroatoms. The van der Waals surface area contributed by atoms with E-state index in [1.165, 1.54) is 16.9 Å². The van der Waals surface area contributed by atoms with E-state index in [2.05, 4.69) is 32.6 Å². The van der Waals surface area contributed by atoms with E-state index >= 15 is 0 Å². The predicted octanol–water partition coefficient (Wildman–Crippen LogP) is 4.56. The van der Waals surface area contributed by atoms with Crippen LogP contribution in [0.15, 0.2) is 71.2 Å². The lowest BCUT2D eigenvalue weighted by Crippen LogP contribution is -2.14. The normalized spacial score (nSPS) is 10.8. The number of anilines is 1. The van der Waals surface area contributed by atoms with Crippen molar-refractivity contribution in [2.24, 2.45) is 0 Å². The fourth-order valence-corrected chi connectivity index (χ4v) is 4.41. The highest BCUT2D eigenvalue weighted by molar-refractivity contribution is 8.00. The molecule has 0 atom stereocenters. The lowest BCUT2D eigenvalue weighted by atomic mass is 10.1. The minimum atomic E-state index is -0.121. The third-order valence-corrected chi connectivity index (χ3v) is 5.97. The quantitative estimate of drug-likeness (QED) is 0.385. The van der Waals surface area contributed by atoms with Gasteiger partial charge < -0.3 is 5.32 Å². The van der Waals surface area contributed by atoms with Crippen LogP contribution in [0.1, 0.15) is 11.1 Å². The van der Waals surface area contributed by atoms with Gasteiger partial charge in [0.25, 0.3) is 0 Å². The van der Waals surface area contributed by atoms with Crippen LogP contribution in [0.2, 0.25) is 0 Å². The molecule has 0 radical (unpaired) electrons. The number of para-hydroxylation sites is 1. The Morgan fingerprint density at radius 1 is 1.00 bits per heavy atom. The summed E-state index contributed by atoms with van der Waals surface area (Å²) in [5.74, 6) is 0.703. The minimum Gasteiger partial charge on any atom is -0.300 e. The van der Waals surface area contributed by atoms with Crippen LogP contribution in [0.5, 0.6) is 0 Å². The maximum absolute atomic E-state index is 12.4. The second kappa shape index (κ2) is 8.28. The van der Waals surface area contributed by atoms with E-state index in [4.69, 9.17) is 0 Å². The molecular formula is C20H16N4OS2. The van der Waals surface area contributed by atoms with Gasteiger partial charge in [0, 0.05) is 17.3 Å². The van der Waals surface area contributed by atoms with Gasteiger partial charge in [0.15, 0.2) is 4.34 Å². The smallest absolute Gasteiger partial charge is 0.230 e. The first-order valence-electron chi connectivity index (χ1n) is 8.40. The van der Waals surface area contributed by atoms with Crippen molar-refractivity contribution < 1.29 is 4.79 Å². The van der Waals surface area contributed by atoms with Gasteiger partial charge in [0.05, 0.1) is 11.9 Å². The highest BCUT2D eigenvalue weighted by Crippen LogP contribution is 2.28. The topological polar surface area (TPSA) is 67.8 Å². The number of pyridine rings is 1. The molecule has 2 aromatic carbocycles. The van der Waals surface area contributed by atoms with Crippen molar-refractivity contribution in [3.8, 4) is 0 Å². The maximum Gasteiger partial charge on any atom is 0.230 e.